The van der Waals surface area contributed by atoms with E-state index in [1.807, 2.05) is 18.2 Å². The average Bonchev–Trinajstić information content (AvgIpc) is 3.26. The number of nitrogens with two attached hydrogens (primary N) is 1. The highest BCUT2D eigenvalue weighted by Crippen LogP contribution is 2.32. The zero-order valence-electron chi connectivity index (χ0n) is 17.1. The van der Waals surface area contributed by atoms with E-state index in [4.69, 9.17) is 15.7 Å². The quantitative estimate of drug-likeness (QED) is 0.439. The Morgan fingerprint density at radius 3 is 2.71 bits per heavy atom. The monoisotopic (exact) mass is 432 g/mol. The topological polar surface area (TPSA) is 91.4 Å². The van der Waals surface area contributed by atoms with E-state index in [-0.39, 0.29) is 5.57 Å². The number of primary amides is 1. The molecule has 7 heteroatoms. The van der Waals surface area contributed by atoms with Gasteiger partial charge in [0.2, 0.25) is 0 Å². The Hall–Kier alpha value is -3.18. The summed E-state index contributed by atoms with van der Waals surface area (Å²) in [6.45, 7) is 5.57. The van der Waals surface area contributed by atoms with Crippen LogP contribution in [0.5, 0.6) is 0 Å². The van der Waals surface area contributed by atoms with Crippen molar-refractivity contribution in [1.29, 1.82) is 5.26 Å². The van der Waals surface area contributed by atoms with Gasteiger partial charge >= 0.3 is 0 Å². The Kier molecular flexibility index (Phi) is 6.63. The van der Waals surface area contributed by atoms with E-state index in [0.29, 0.717) is 0 Å². The zero-order valence-corrected chi connectivity index (χ0v) is 18.0. The van der Waals surface area contributed by atoms with Crippen LogP contribution in [0.4, 0.5) is 5.69 Å². The van der Waals surface area contributed by atoms with E-state index in [1.54, 1.807) is 0 Å². The molecule has 0 radical (unpaired) electrons. The minimum Gasteiger partial charge on any atom is -0.384 e. The highest BCUT2D eigenvalue weighted by Gasteiger charge is 2.10. The van der Waals surface area contributed by atoms with Gasteiger partial charge in [-0.05, 0) is 52.7 Å². The molecule has 1 amide bonds. The standard InChI is InChI=1S/C24H24N4O2S/c25-16-20(24(26)29)15-22-5-6-23(31-22)19-2-1-18-14-21(4-3-17(18)13-19)27-7-8-28-9-11-30-12-10-28/h1-6,13-15,27H,7-12H2,(H2,26,29)/b20-15+. The summed E-state index contributed by atoms with van der Waals surface area (Å²) in [4.78, 5) is 15.6. The highest BCUT2D eigenvalue weighted by atomic mass is 32.1. The third-order valence-corrected chi connectivity index (χ3v) is 6.37. The number of anilines is 1. The first-order chi connectivity index (χ1) is 15.1. The molecule has 3 aromatic rings. The third-order valence-electron chi connectivity index (χ3n) is 5.28. The number of fused-ring (bicyclic) bond motifs is 1. The number of nitrogens with one attached hydrogen (secondary N) is 1. The number of carbonyl (C=O) groups excluding carboxylic acids is 1. The van der Waals surface area contributed by atoms with E-state index in [2.05, 4.69) is 46.6 Å². The Morgan fingerprint density at radius 1 is 1.16 bits per heavy atom. The van der Waals surface area contributed by atoms with Crippen molar-refractivity contribution in [2.45, 2.75) is 0 Å². The van der Waals surface area contributed by atoms with Gasteiger partial charge in [0.15, 0.2) is 0 Å². The van der Waals surface area contributed by atoms with E-state index in [1.165, 1.54) is 22.8 Å². The van der Waals surface area contributed by atoms with Gasteiger partial charge in [-0.25, -0.2) is 0 Å². The van der Waals surface area contributed by atoms with Crippen LogP contribution >= 0.6 is 11.3 Å². The lowest BCUT2D eigenvalue weighted by Crippen LogP contribution is -2.38. The second-order valence-corrected chi connectivity index (χ2v) is 8.51. The van der Waals surface area contributed by atoms with Crippen molar-refractivity contribution in [3.8, 4) is 16.5 Å². The summed E-state index contributed by atoms with van der Waals surface area (Å²) in [5.74, 6) is -0.711. The summed E-state index contributed by atoms with van der Waals surface area (Å²) in [5, 5.41) is 14.9. The van der Waals surface area contributed by atoms with Crippen LogP contribution in [-0.4, -0.2) is 50.2 Å². The molecule has 6 nitrogen and oxygen atoms in total. The first kappa shape index (κ1) is 21.1. The SMILES string of the molecule is N#C/C(=C\c1ccc(-c2ccc3cc(NCCN4CCOCC4)ccc3c2)s1)C(N)=O. The van der Waals surface area contributed by atoms with Crippen molar-refractivity contribution in [3.63, 3.8) is 0 Å². The number of amides is 1. The minimum atomic E-state index is -0.711. The van der Waals surface area contributed by atoms with Crippen LogP contribution in [0.2, 0.25) is 0 Å². The number of carbonyl (C=O) groups is 1. The van der Waals surface area contributed by atoms with Gasteiger partial charge in [0, 0.05) is 41.6 Å². The zero-order chi connectivity index (χ0) is 21.6. The van der Waals surface area contributed by atoms with Crippen molar-refractivity contribution < 1.29 is 9.53 Å². The molecule has 1 fully saturated rings. The molecule has 0 aliphatic carbocycles. The Bertz CT molecular complexity index is 1160. The third kappa shape index (κ3) is 5.30. The van der Waals surface area contributed by atoms with Crippen molar-refractivity contribution in [2.24, 2.45) is 5.73 Å². The van der Waals surface area contributed by atoms with Crippen LogP contribution in [0, 0.1) is 11.3 Å². The van der Waals surface area contributed by atoms with Gasteiger partial charge in [0.1, 0.15) is 11.6 Å². The fourth-order valence-corrected chi connectivity index (χ4v) is 4.53. The van der Waals surface area contributed by atoms with Gasteiger partial charge in [-0.3, -0.25) is 9.69 Å². The molecule has 3 N–H and O–H groups in total. The first-order valence-corrected chi connectivity index (χ1v) is 11.0. The fourth-order valence-electron chi connectivity index (χ4n) is 3.58. The second kappa shape index (κ2) is 9.75. The molecule has 2 heterocycles. The van der Waals surface area contributed by atoms with Gasteiger partial charge in [-0.1, -0.05) is 18.2 Å². The van der Waals surface area contributed by atoms with Crippen LogP contribution in [0.3, 0.4) is 0 Å². The summed E-state index contributed by atoms with van der Waals surface area (Å²) >= 11 is 1.52. The number of nitrogens with zero attached hydrogens (tertiary/aromatic N) is 2. The molecule has 158 valence electrons. The molecule has 1 saturated heterocycles. The Morgan fingerprint density at radius 2 is 1.94 bits per heavy atom. The molecule has 0 unspecified atom stereocenters. The molecule has 0 saturated carbocycles. The van der Waals surface area contributed by atoms with Crippen LogP contribution in [-0.2, 0) is 9.53 Å². The van der Waals surface area contributed by atoms with Crippen LogP contribution in [0.1, 0.15) is 4.88 Å². The van der Waals surface area contributed by atoms with Crippen molar-refractivity contribution in [3.05, 3.63) is 59.0 Å². The molecule has 0 bridgehead atoms. The van der Waals surface area contributed by atoms with Gasteiger partial charge in [-0.15, -0.1) is 11.3 Å². The normalized spacial score (nSPS) is 15.0. The Balaban J connectivity index is 1.45. The fraction of sp³-hybridized carbons (Fsp3) is 0.250. The van der Waals surface area contributed by atoms with Crippen molar-refractivity contribution in [1.82, 2.24) is 4.90 Å². The molecular weight excluding hydrogens is 408 g/mol. The Labute approximate surface area is 185 Å². The lowest BCUT2D eigenvalue weighted by molar-refractivity contribution is -0.114. The number of morpholine rings is 1. The average molecular weight is 433 g/mol. The predicted octanol–water partition coefficient (Wildman–Crippen LogP) is 3.70. The van der Waals surface area contributed by atoms with Gasteiger partial charge < -0.3 is 15.8 Å². The molecule has 31 heavy (non-hydrogen) atoms. The number of hydrogen-bond acceptors (Lipinski definition) is 6. The number of rotatable bonds is 7. The van der Waals surface area contributed by atoms with Crippen molar-refractivity contribution >= 4 is 39.8 Å². The molecule has 0 atom stereocenters. The van der Waals surface area contributed by atoms with Crippen LogP contribution < -0.4 is 11.1 Å². The predicted molar refractivity (Wildman–Crippen MR) is 126 cm³/mol. The summed E-state index contributed by atoms with van der Waals surface area (Å²) in [6.07, 6.45) is 1.53. The first-order valence-electron chi connectivity index (χ1n) is 10.2. The maximum Gasteiger partial charge on any atom is 0.259 e. The lowest BCUT2D eigenvalue weighted by atomic mass is 10.1. The molecule has 4 rings (SSSR count). The number of hydrogen-bond donors (Lipinski definition) is 2. The summed E-state index contributed by atoms with van der Waals surface area (Å²) in [5.41, 5.74) is 7.39. The summed E-state index contributed by atoms with van der Waals surface area (Å²) < 4.78 is 5.39. The number of benzene rings is 2. The van der Waals surface area contributed by atoms with Crippen molar-refractivity contribution in [2.75, 3.05) is 44.7 Å². The maximum atomic E-state index is 11.3. The minimum absolute atomic E-state index is 0.0411. The van der Waals surface area contributed by atoms with E-state index in [9.17, 15) is 4.79 Å². The molecular formula is C24H24N4O2S. The van der Waals surface area contributed by atoms with Gasteiger partial charge in [-0.2, -0.15) is 5.26 Å². The van der Waals surface area contributed by atoms with Gasteiger partial charge in [0.05, 0.1) is 13.2 Å². The van der Waals surface area contributed by atoms with E-state index in [0.717, 1.165) is 65.8 Å². The van der Waals surface area contributed by atoms with E-state index >= 15 is 0 Å². The number of nitriles is 1. The van der Waals surface area contributed by atoms with Gasteiger partial charge in [0.25, 0.3) is 5.91 Å². The summed E-state index contributed by atoms with van der Waals surface area (Å²) in [6, 6.07) is 18.5. The summed E-state index contributed by atoms with van der Waals surface area (Å²) in [7, 11) is 0. The number of ether oxygens (including phenoxy) is 1. The van der Waals surface area contributed by atoms with E-state index < -0.39 is 5.91 Å². The lowest BCUT2D eigenvalue weighted by Gasteiger charge is -2.26. The van der Waals surface area contributed by atoms with Crippen LogP contribution in [0.25, 0.3) is 27.3 Å². The number of thiophene rings is 1. The largest absolute Gasteiger partial charge is 0.384 e. The molecule has 0 spiro atoms. The molecule has 1 aromatic heterocycles. The maximum absolute atomic E-state index is 11.3. The molecule has 2 aromatic carbocycles. The second-order valence-electron chi connectivity index (χ2n) is 7.39. The smallest absolute Gasteiger partial charge is 0.259 e. The highest BCUT2D eigenvalue weighted by molar-refractivity contribution is 7.16. The molecule has 1 aliphatic heterocycles. The van der Waals surface area contributed by atoms with Crippen LogP contribution in [0.15, 0.2) is 54.1 Å². The molecule has 1 aliphatic rings.